The molecule has 0 heterocycles. The van der Waals surface area contributed by atoms with Crippen LogP contribution in [0.5, 0.6) is 5.75 Å². The number of amides is 1. The van der Waals surface area contributed by atoms with Crippen LogP contribution >= 0.6 is 0 Å². The van der Waals surface area contributed by atoms with Crippen LogP contribution in [-0.4, -0.2) is 18.7 Å². The van der Waals surface area contributed by atoms with Crippen LogP contribution < -0.4 is 15.5 Å². The minimum Gasteiger partial charge on any atom is -0.497 e. The Labute approximate surface area is 138 Å². The molecule has 0 unspecified atom stereocenters. The molecule has 0 saturated carbocycles. The van der Waals surface area contributed by atoms with Crippen molar-refractivity contribution >= 4 is 23.0 Å². The van der Waals surface area contributed by atoms with Gasteiger partial charge in [0.2, 0.25) is 5.71 Å². The van der Waals surface area contributed by atoms with Crippen LogP contribution in [0, 0.1) is 22.7 Å². The van der Waals surface area contributed by atoms with Gasteiger partial charge < -0.3 is 10.1 Å². The van der Waals surface area contributed by atoms with Crippen molar-refractivity contribution < 1.29 is 9.53 Å². The summed E-state index contributed by atoms with van der Waals surface area (Å²) >= 11 is 0. The van der Waals surface area contributed by atoms with Crippen molar-refractivity contribution in [1.82, 2.24) is 0 Å². The fraction of sp³-hybridized carbons (Fsp3) is 0.0588. The van der Waals surface area contributed by atoms with Crippen LogP contribution in [0.1, 0.15) is 10.4 Å². The van der Waals surface area contributed by atoms with Crippen molar-refractivity contribution in [2.75, 3.05) is 17.9 Å². The number of nitriles is 2. The summed E-state index contributed by atoms with van der Waals surface area (Å²) in [5, 5.41) is 23.6. The topological polar surface area (TPSA) is 110 Å². The van der Waals surface area contributed by atoms with Gasteiger partial charge in [-0.1, -0.05) is 0 Å². The van der Waals surface area contributed by atoms with E-state index in [1.54, 1.807) is 67.8 Å². The Morgan fingerprint density at radius 1 is 1.00 bits per heavy atom. The van der Waals surface area contributed by atoms with Crippen LogP contribution in [0.15, 0.2) is 53.6 Å². The van der Waals surface area contributed by atoms with Gasteiger partial charge in [0.15, 0.2) is 0 Å². The maximum Gasteiger partial charge on any atom is 0.255 e. The average molecular weight is 319 g/mol. The SMILES string of the molecule is COc1ccc(NC(=O)c2ccc(NN=C(C#N)C#N)cc2)cc1. The van der Waals surface area contributed by atoms with E-state index in [9.17, 15) is 4.79 Å². The van der Waals surface area contributed by atoms with E-state index in [0.717, 1.165) is 0 Å². The quantitative estimate of drug-likeness (QED) is 0.650. The number of anilines is 2. The third kappa shape index (κ3) is 4.33. The molecule has 0 radical (unpaired) electrons. The molecule has 2 aromatic carbocycles. The molecule has 2 rings (SSSR count). The van der Waals surface area contributed by atoms with Crippen molar-refractivity contribution in [2.45, 2.75) is 0 Å². The third-order valence-electron chi connectivity index (χ3n) is 3.00. The molecule has 0 aliphatic carbocycles. The lowest BCUT2D eigenvalue weighted by atomic mass is 10.2. The average Bonchev–Trinajstić information content (AvgIpc) is 2.63. The van der Waals surface area contributed by atoms with Crippen molar-refractivity contribution in [3.05, 3.63) is 54.1 Å². The van der Waals surface area contributed by atoms with Gasteiger partial charge in [-0.05, 0) is 48.5 Å². The molecule has 2 aromatic rings. The van der Waals surface area contributed by atoms with Gasteiger partial charge in [-0.25, -0.2) is 0 Å². The maximum absolute atomic E-state index is 12.2. The number of rotatable bonds is 5. The predicted octanol–water partition coefficient (Wildman–Crippen LogP) is 2.76. The smallest absolute Gasteiger partial charge is 0.255 e. The summed E-state index contributed by atoms with van der Waals surface area (Å²) in [6.45, 7) is 0. The van der Waals surface area contributed by atoms with Gasteiger partial charge in [-0.2, -0.15) is 15.6 Å². The Bertz CT molecular complexity index is 811. The Hall–Kier alpha value is -3.84. The molecule has 0 fully saturated rings. The summed E-state index contributed by atoms with van der Waals surface area (Å²) in [5.41, 5.74) is 3.96. The number of hydrazone groups is 1. The van der Waals surface area contributed by atoms with Gasteiger partial charge in [0, 0.05) is 11.3 Å². The number of hydrogen-bond acceptors (Lipinski definition) is 6. The van der Waals surface area contributed by atoms with E-state index in [4.69, 9.17) is 15.3 Å². The summed E-state index contributed by atoms with van der Waals surface area (Å²) in [6.07, 6.45) is 0. The summed E-state index contributed by atoms with van der Waals surface area (Å²) < 4.78 is 5.06. The van der Waals surface area contributed by atoms with Gasteiger partial charge in [-0.3, -0.25) is 10.2 Å². The first kappa shape index (κ1) is 16.5. The maximum atomic E-state index is 12.2. The minimum absolute atomic E-state index is 0.259. The number of hydrogen-bond donors (Lipinski definition) is 2. The van der Waals surface area contributed by atoms with Crippen molar-refractivity contribution in [1.29, 1.82) is 10.5 Å². The number of nitrogens with one attached hydrogen (secondary N) is 2. The van der Waals surface area contributed by atoms with Gasteiger partial charge >= 0.3 is 0 Å². The molecule has 1 amide bonds. The van der Waals surface area contributed by atoms with Crippen molar-refractivity contribution in [3.8, 4) is 17.9 Å². The lowest BCUT2D eigenvalue weighted by Crippen LogP contribution is -2.11. The number of ether oxygens (including phenoxy) is 1. The Morgan fingerprint density at radius 3 is 2.12 bits per heavy atom. The standard InChI is InChI=1S/C17H13N5O2/c1-24-16-8-6-13(7-9-16)20-17(23)12-2-4-14(5-3-12)21-22-15(10-18)11-19/h2-9,21H,1H3,(H,20,23). The van der Waals surface area contributed by atoms with Gasteiger partial charge in [0.1, 0.15) is 17.9 Å². The van der Waals surface area contributed by atoms with E-state index >= 15 is 0 Å². The second-order valence-electron chi connectivity index (χ2n) is 4.56. The number of methoxy groups -OCH3 is 1. The normalized spacial score (nSPS) is 9.12. The van der Waals surface area contributed by atoms with Crippen molar-refractivity contribution in [2.24, 2.45) is 5.10 Å². The number of benzene rings is 2. The molecule has 7 nitrogen and oxygen atoms in total. The molecular formula is C17H13N5O2. The van der Waals surface area contributed by atoms with Crippen LogP contribution in [-0.2, 0) is 0 Å². The van der Waals surface area contributed by atoms with E-state index in [-0.39, 0.29) is 11.6 Å². The second kappa shape index (κ2) is 7.97. The fourth-order valence-corrected chi connectivity index (χ4v) is 1.77. The minimum atomic E-state index is -0.281. The molecule has 118 valence electrons. The fourth-order valence-electron chi connectivity index (χ4n) is 1.77. The molecule has 2 N–H and O–H groups in total. The molecule has 0 atom stereocenters. The zero-order valence-corrected chi connectivity index (χ0v) is 12.8. The molecule has 0 aliphatic heterocycles. The van der Waals surface area contributed by atoms with Crippen LogP contribution in [0.4, 0.5) is 11.4 Å². The number of nitrogens with zero attached hydrogens (tertiary/aromatic N) is 3. The molecule has 0 aromatic heterocycles. The van der Waals surface area contributed by atoms with Gasteiger partial charge in [0.05, 0.1) is 12.8 Å². The zero-order valence-electron chi connectivity index (χ0n) is 12.8. The van der Waals surface area contributed by atoms with Crippen LogP contribution in [0.2, 0.25) is 0 Å². The number of carbonyl (C=O) groups is 1. The van der Waals surface area contributed by atoms with E-state index in [1.165, 1.54) is 0 Å². The first-order valence-corrected chi connectivity index (χ1v) is 6.85. The highest BCUT2D eigenvalue weighted by Gasteiger charge is 2.06. The van der Waals surface area contributed by atoms with Gasteiger partial charge in [0.25, 0.3) is 5.91 Å². The lowest BCUT2D eigenvalue weighted by Gasteiger charge is -2.07. The molecule has 0 aliphatic rings. The third-order valence-corrected chi connectivity index (χ3v) is 3.00. The lowest BCUT2D eigenvalue weighted by molar-refractivity contribution is 0.102. The highest BCUT2D eigenvalue weighted by Crippen LogP contribution is 2.16. The number of carbonyl (C=O) groups excluding carboxylic acids is 1. The molecule has 0 bridgehead atoms. The molecule has 24 heavy (non-hydrogen) atoms. The zero-order chi connectivity index (χ0) is 17.4. The first-order valence-electron chi connectivity index (χ1n) is 6.85. The Morgan fingerprint density at radius 2 is 1.58 bits per heavy atom. The van der Waals surface area contributed by atoms with E-state index in [2.05, 4.69) is 15.8 Å². The van der Waals surface area contributed by atoms with E-state index in [1.807, 2.05) is 0 Å². The molecular weight excluding hydrogens is 306 g/mol. The predicted molar refractivity (Wildman–Crippen MR) is 89.7 cm³/mol. The van der Waals surface area contributed by atoms with Crippen molar-refractivity contribution in [3.63, 3.8) is 0 Å². The van der Waals surface area contributed by atoms with Gasteiger partial charge in [-0.15, -0.1) is 0 Å². The van der Waals surface area contributed by atoms with E-state index < -0.39 is 0 Å². The summed E-state index contributed by atoms with van der Waals surface area (Å²) in [5.74, 6) is 0.447. The summed E-state index contributed by atoms with van der Waals surface area (Å²) in [6, 6.07) is 16.7. The van der Waals surface area contributed by atoms with Crippen LogP contribution in [0.25, 0.3) is 0 Å². The Kier molecular flexibility index (Phi) is 5.49. The highest BCUT2D eigenvalue weighted by atomic mass is 16.5. The first-order chi connectivity index (χ1) is 11.7. The largest absolute Gasteiger partial charge is 0.497 e. The summed E-state index contributed by atoms with van der Waals surface area (Å²) in [7, 11) is 1.57. The molecule has 7 heteroatoms. The second-order valence-corrected chi connectivity index (χ2v) is 4.56. The summed E-state index contributed by atoms with van der Waals surface area (Å²) in [4.78, 5) is 12.2. The highest BCUT2D eigenvalue weighted by molar-refractivity contribution is 6.10. The molecule has 0 saturated heterocycles. The monoisotopic (exact) mass is 319 g/mol. The molecule has 0 spiro atoms. The Balaban J connectivity index is 2.02. The van der Waals surface area contributed by atoms with E-state index in [0.29, 0.717) is 22.7 Å². The van der Waals surface area contributed by atoms with Crippen LogP contribution in [0.3, 0.4) is 0 Å².